The Bertz CT molecular complexity index is 1530. The maximum Gasteiger partial charge on any atom is 0.255 e. The molecule has 2 aromatic carbocycles. The van der Waals surface area contributed by atoms with E-state index in [4.69, 9.17) is 32.4 Å². The van der Waals surface area contributed by atoms with Crippen molar-refractivity contribution in [2.24, 2.45) is 0 Å². The summed E-state index contributed by atoms with van der Waals surface area (Å²) in [4.78, 5) is 29.7. The summed E-state index contributed by atoms with van der Waals surface area (Å²) in [7, 11) is 1.63. The number of nitrogens with zero attached hydrogens (tertiary/aromatic N) is 5. The average molecular weight is 629 g/mol. The van der Waals surface area contributed by atoms with E-state index < -0.39 is 0 Å². The number of carbonyl (C=O) groups is 2. The second-order valence-corrected chi connectivity index (χ2v) is 11.8. The summed E-state index contributed by atoms with van der Waals surface area (Å²) in [5.41, 5.74) is 1.32. The normalized spacial score (nSPS) is 15.2. The summed E-state index contributed by atoms with van der Waals surface area (Å²) in [6, 6.07) is 16.1. The van der Waals surface area contributed by atoms with Gasteiger partial charge >= 0.3 is 0 Å². The van der Waals surface area contributed by atoms with Crippen LogP contribution in [0.15, 0.2) is 70.4 Å². The number of hydrogen-bond donors (Lipinski definition) is 0. The summed E-state index contributed by atoms with van der Waals surface area (Å²) in [5.74, 6) is 2.74. The quantitative estimate of drug-likeness (QED) is 0.147. The van der Waals surface area contributed by atoms with E-state index in [1.165, 1.54) is 0 Å². The number of carbonyl (C=O) groups excluding carboxylic acids is 2. The van der Waals surface area contributed by atoms with Crippen LogP contribution in [0, 0.1) is 0 Å². The van der Waals surface area contributed by atoms with E-state index in [1.54, 1.807) is 48.2 Å². The van der Waals surface area contributed by atoms with Gasteiger partial charge in [0, 0.05) is 42.9 Å². The van der Waals surface area contributed by atoms with Gasteiger partial charge in [-0.2, -0.15) is 0 Å². The smallest absolute Gasteiger partial charge is 0.255 e. The molecule has 3 heterocycles. The van der Waals surface area contributed by atoms with Crippen LogP contribution in [0.1, 0.15) is 36.5 Å². The first kappa shape index (κ1) is 30.0. The number of rotatable bonds is 10. The summed E-state index contributed by atoms with van der Waals surface area (Å²) >= 11 is 13.8. The third-order valence-corrected chi connectivity index (χ3v) is 8.69. The third kappa shape index (κ3) is 6.77. The summed E-state index contributed by atoms with van der Waals surface area (Å²) in [5, 5.41) is 10.4. The van der Waals surface area contributed by atoms with Crippen molar-refractivity contribution in [1.82, 2.24) is 24.6 Å². The molecule has 1 unspecified atom stereocenters. The first-order valence-corrected chi connectivity index (χ1v) is 15.4. The predicted octanol–water partition coefficient (Wildman–Crippen LogP) is 6.48. The Kier molecular flexibility index (Phi) is 9.76. The topological polar surface area (TPSA) is 93.7 Å². The fourth-order valence-corrected chi connectivity index (χ4v) is 6.34. The largest absolute Gasteiger partial charge is 0.497 e. The van der Waals surface area contributed by atoms with Gasteiger partial charge in [-0.05, 0) is 74.4 Å². The Morgan fingerprint density at radius 2 is 1.88 bits per heavy atom. The van der Waals surface area contributed by atoms with Crippen LogP contribution in [-0.2, 0) is 4.79 Å². The van der Waals surface area contributed by atoms with Gasteiger partial charge in [-0.1, -0.05) is 35.0 Å². The van der Waals surface area contributed by atoms with Gasteiger partial charge in [0.05, 0.1) is 29.6 Å². The number of ether oxygens (including phenoxy) is 1. The number of amides is 2. The zero-order valence-corrected chi connectivity index (χ0v) is 25.7. The summed E-state index contributed by atoms with van der Waals surface area (Å²) in [6.45, 7) is 3.40. The minimum atomic E-state index is -0.147. The lowest BCUT2D eigenvalue weighted by atomic mass is 10.1. The lowest BCUT2D eigenvalue weighted by Gasteiger charge is -2.40. The molecule has 0 saturated carbocycles. The van der Waals surface area contributed by atoms with Crippen LogP contribution in [0.3, 0.4) is 0 Å². The number of benzene rings is 2. The van der Waals surface area contributed by atoms with Crippen LogP contribution in [0.5, 0.6) is 5.75 Å². The molecule has 1 aliphatic rings. The molecule has 2 amide bonds. The number of piperazine rings is 1. The molecule has 1 fully saturated rings. The van der Waals surface area contributed by atoms with Crippen molar-refractivity contribution in [2.75, 3.05) is 32.5 Å². The number of furan rings is 1. The van der Waals surface area contributed by atoms with E-state index in [9.17, 15) is 9.59 Å². The summed E-state index contributed by atoms with van der Waals surface area (Å²) < 4.78 is 12.9. The highest BCUT2D eigenvalue weighted by atomic mass is 35.5. The lowest BCUT2D eigenvalue weighted by Crippen LogP contribution is -2.55. The van der Waals surface area contributed by atoms with E-state index in [0.29, 0.717) is 53.2 Å². The third-order valence-electron chi connectivity index (χ3n) is 7.12. The van der Waals surface area contributed by atoms with Crippen molar-refractivity contribution in [1.29, 1.82) is 0 Å². The van der Waals surface area contributed by atoms with Crippen LogP contribution < -0.4 is 4.74 Å². The van der Waals surface area contributed by atoms with Gasteiger partial charge in [-0.25, -0.2) is 0 Å². The first-order valence-electron chi connectivity index (χ1n) is 13.7. The lowest BCUT2D eigenvalue weighted by molar-refractivity contribution is -0.133. The molecular weight excluding hydrogens is 597 g/mol. The van der Waals surface area contributed by atoms with Gasteiger partial charge in [0.2, 0.25) is 11.7 Å². The minimum Gasteiger partial charge on any atom is -0.497 e. The molecule has 220 valence electrons. The highest BCUT2D eigenvalue weighted by Crippen LogP contribution is 2.30. The van der Waals surface area contributed by atoms with Gasteiger partial charge in [-0.15, -0.1) is 10.2 Å². The van der Waals surface area contributed by atoms with Crippen molar-refractivity contribution < 1.29 is 18.7 Å². The number of methoxy groups -OCH3 is 1. The second-order valence-electron chi connectivity index (χ2n) is 9.93. The minimum absolute atomic E-state index is 0.102. The number of thioether (sulfide) groups is 1. The van der Waals surface area contributed by atoms with Crippen LogP contribution in [0.2, 0.25) is 10.0 Å². The van der Waals surface area contributed by atoms with Crippen LogP contribution in [0.4, 0.5) is 0 Å². The molecule has 0 bridgehead atoms. The molecule has 0 radical (unpaired) electrons. The Morgan fingerprint density at radius 3 is 2.57 bits per heavy atom. The second kappa shape index (κ2) is 13.7. The fourth-order valence-electron chi connectivity index (χ4n) is 4.90. The highest BCUT2D eigenvalue weighted by Gasteiger charge is 2.31. The molecule has 0 N–H and O–H groups in total. The maximum absolute atomic E-state index is 13.1. The summed E-state index contributed by atoms with van der Waals surface area (Å²) in [6.07, 6.45) is 3.65. The Morgan fingerprint density at radius 1 is 1.07 bits per heavy atom. The average Bonchev–Trinajstić information content (AvgIpc) is 3.67. The molecule has 42 heavy (non-hydrogen) atoms. The molecule has 12 heteroatoms. The van der Waals surface area contributed by atoms with Gasteiger partial charge in [-0.3, -0.25) is 14.2 Å². The molecule has 2 aromatic heterocycles. The van der Waals surface area contributed by atoms with Crippen molar-refractivity contribution >= 4 is 46.8 Å². The van der Waals surface area contributed by atoms with Gasteiger partial charge in [0.1, 0.15) is 5.75 Å². The van der Waals surface area contributed by atoms with Gasteiger partial charge in [0.15, 0.2) is 10.9 Å². The Balaban J connectivity index is 1.12. The number of halogens is 2. The molecule has 1 atom stereocenters. The predicted molar refractivity (Wildman–Crippen MR) is 164 cm³/mol. The monoisotopic (exact) mass is 627 g/mol. The first-order chi connectivity index (χ1) is 20.4. The SMILES string of the molecule is COc1ccc(-n2c(SCCCCC(=O)N3CCN(C(=O)c4ccc(Cl)cc4Cl)C(C)C3)nnc2-c2ccco2)cc1. The van der Waals surface area contributed by atoms with E-state index in [-0.39, 0.29) is 17.9 Å². The van der Waals surface area contributed by atoms with Crippen molar-refractivity contribution in [3.63, 3.8) is 0 Å². The van der Waals surface area contributed by atoms with E-state index in [2.05, 4.69) is 10.2 Å². The van der Waals surface area contributed by atoms with E-state index in [0.717, 1.165) is 35.2 Å². The highest BCUT2D eigenvalue weighted by molar-refractivity contribution is 7.99. The van der Waals surface area contributed by atoms with Gasteiger partial charge < -0.3 is 19.0 Å². The maximum atomic E-state index is 13.1. The molecule has 0 aliphatic carbocycles. The van der Waals surface area contributed by atoms with Crippen LogP contribution in [-0.4, -0.2) is 74.9 Å². The number of unbranched alkanes of at least 4 members (excludes halogenated alkanes) is 1. The van der Waals surface area contributed by atoms with Gasteiger partial charge in [0.25, 0.3) is 5.91 Å². The zero-order chi connectivity index (χ0) is 29.6. The van der Waals surface area contributed by atoms with E-state index >= 15 is 0 Å². The molecule has 5 rings (SSSR count). The molecular formula is C30H31Cl2N5O4S. The standard InChI is InChI=1S/C30H31Cl2N5O4S/c1-20-19-35(14-15-36(20)29(39)24-13-8-21(31)18-25(24)32)27(38)7-3-4-17-42-30-34-33-28(26-6-5-16-41-26)37(30)22-9-11-23(40-2)12-10-22/h5-6,8-13,16,18,20H,3-4,7,14-15,17,19H2,1-2H3. The van der Waals surface area contributed by atoms with Crippen molar-refractivity contribution in [2.45, 2.75) is 37.4 Å². The van der Waals surface area contributed by atoms with E-state index in [1.807, 2.05) is 52.8 Å². The zero-order valence-electron chi connectivity index (χ0n) is 23.3. The fraction of sp³-hybridized carbons (Fsp3) is 0.333. The van der Waals surface area contributed by atoms with Crippen LogP contribution in [0.25, 0.3) is 17.3 Å². The molecule has 0 spiro atoms. The Hall–Kier alpha value is -3.47. The molecule has 4 aromatic rings. The molecule has 9 nitrogen and oxygen atoms in total. The Labute approximate surface area is 258 Å². The van der Waals surface area contributed by atoms with Crippen LogP contribution >= 0.6 is 35.0 Å². The molecule has 1 saturated heterocycles. The molecule has 1 aliphatic heterocycles. The van der Waals surface area contributed by atoms with Crippen molar-refractivity contribution in [3.8, 4) is 23.0 Å². The van der Waals surface area contributed by atoms with Crippen molar-refractivity contribution in [3.05, 3.63) is 76.5 Å². The number of aromatic nitrogens is 3. The number of hydrogen-bond acceptors (Lipinski definition) is 7.